The Bertz CT molecular complexity index is 137. The molecule has 0 spiro atoms. The SMILES string of the molecule is CC(C)C(C(=O)O)C(=O)O.O. The van der Waals surface area contributed by atoms with Gasteiger partial charge in [-0.05, 0) is 5.92 Å². The first-order valence-electron chi connectivity index (χ1n) is 2.92. The lowest BCUT2D eigenvalue weighted by molar-refractivity contribution is -0.156. The molecule has 0 aliphatic carbocycles. The van der Waals surface area contributed by atoms with Crippen LogP contribution in [0.4, 0.5) is 0 Å². The predicted octanol–water partition coefficient (Wildman–Crippen LogP) is -0.397. The van der Waals surface area contributed by atoms with E-state index < -0.39 is 17.9 Å². The number of carboxylic acids is 2. The highest BCUT2D eigenvalue weighted by atomic mass is 16.4. The number of rotatable bonds is 3. The first-order chi connectivity index (χ1) is 4.46. The lowest BCUT2D eigenvalue weighted by Crippen LogP contribution is -2.28. The van der Waals surface area contributed by atoms with Crippen LogP contribution in [0.15, 0.2) is 0 Å². The zero-order chi connectivity index (χ0) is 8.31. The van der Waals surface area contributed by atoms with E-state index in [0.717, 1.165) is 0 Å². The molecular formula is C6H12O5. The maximum Gasteiger partial charge on any atom is 0.318 e. The minimum atomic E-state index is -1.28. The standard InChI is InChI=1S/C6H10O4.H2O/c1-3(2)4(5(7)8)6(9)10;/h3-4H,1-2H3,(H,7,8)(H,9,10);1H2. The van der Waals surface area contributed by atoms with Crippen LogP contribution in [-0.4, -0.2) is 27.6 Å². The van der Waals surface area contributed by atoms with E-state index in [2.05, 4.69) is 0 Å². The van der Waals surface area contributed by atoms with Gasteiger partial charge in [0.05, 0.1) is 0 Å². The number of aliphatic carboxylic acids is 2. The van der Waals surface area contributed by atoms with Crippen molar-refractivity contribution in [3.05, 3.63) is 0 Å². The van der Waals surface area contributed by atoms with E-state index in [-0.39, 0.29) is 11.4 Å². The fourth-order valence-electron chi connectivity index (χ4n) is 0.676. The van der Waals surface area contributed by atoms with Gasteiger partial charge in [-0.2, -0.15) is 0 Å². The van der Waals surface area contributed by atoms with E-state index in [1.165, 1.54) is 0 Å². The van der Waals surface area contributed by atoms with Gasteiger partial charge in [-0.3, -0.25) is 9.59 Å². The monoisotopic (exact) mass is 164 g/mol. The molecule has 4 N–H and O–H groups in total. The number of carbonyl (C=O) groups is 2. The van der Waals surface area contributed by atoms with Crippen molar-refractivity contribution in [3.8, 4) is 0 Å². The molecule has 0 fully saturated rings. The fraction of sp³-hybridized carbons (Fsp3) is 0.667. The Hall–Kier alpha value is -1.10. The van der Waals surface area contributed by atoms with Crippen LogP contribution in [0.1, 0.15) is 13.8 Å². The smallest absolute Gasteiger partial charge is 0.318 e. The van der Waals surface area contributed by atoms with Crippen LogP contribution in [0, 0.1) is 11.8 Å². The average molecular weight is 164 g/mol. The van der Waals surface area contributed by atoms with Gasteiger partial charge in [-0.1, -0.05) is 13.8 Å². The summed E-state index contributed by atoms with van der Waals surface area (Å²) >= 11 is 0. The summed E-state index contributed by atoms with van der Waals surface area (Å²) in [5, 5.41) is 16.7. The van der Waals surface area contributed by atoms with Crippen molar-refractivity contribution in [2.24, 2.45) is 11.8 Å². The first-order valence-corrected chi connectivity index (χ1v) is 2.92. The van der Waals surface area contributed by atoms with Gasteiger partial charge in [0.25, 0.3) is 0 Å². The molecule has 5 heteroatoms. The Balaban J connectivity index is 0. The molecule has 0 saturated heterocycles. The molecule has 0 aromatic heterocycles. The predicted molar refractivity (Wildman–Crippen MR) is 37.2 cm³/mol. The molecule has 0 radical (unpaired) electrons. The van der Waals surface area contributed by atoms with E-state index in [0.29, 0.717) is 0 Å². The molecule has 0 aliphatic rings. The molecule has 0 heterocycles. The number of hydrogen-bond acceptors (Lipinski definition) is 2. The highest BCUT2D eigenvalue weighted by molar-refractivity contribution is 5.93. The van der Waals surface area contributed by atoms with Gasteiger partial charge >= 0.3 is 11.9 Å². The summed E-state index contributed by atoms with van der Waals surface area (Å²) in [6, 6.07) is 0. The largest absolute Gasteiger partial charge is 0.481 e. The maximum atomic E-state index is 10.2. The topological polar surface area (TPSA) is 106 Å². The minimum Gasteiger partial charge on any atom is -0.481 e. The van der Waals surface area contributed by atoms with Crippen LogP contribution in [0.25, 0.3) is 0 Å². The summed E-state index contributed by atoms with van der Waals surface area (Å²) in [5.74, 6) is -4.19. The molecule has 5 nitrogen and oxygen atoms in total. The van der Waals surface area contributed by atoms with Gasteiger partial charge in [0.15, 0.2) is 5.92 Å². The van der Waals surface area contributed by atoms with E-state index in [1.54, 1.807) is 13.8 Å². The average Bonchev–Trinajstić information content (AvgIpc) is 1.59. The summed E-state index contributed by atoms with van der Waals surface area (Å²) in [6.07, 6.45) is 0. The summed E-state index contributed by atoms with van der Waals surface area (Å²) in [7, 11) is 0. The Morgan fingerprint density at radius 3 is 1.36 bits per heavy atom. The van der Waals surface area contributed by atoms with E-state index in [9.17, 15) is 9.59 Å². The Morgan fingerprint density at radius 2 is 1.36 bits per heavy atom. The minimum absolute atomic E-state index is 0. The Kier molecular flexibility index (Phi) is 5.34. The van der Waals surface area contributed by atoms with Gasteiger partial charge in [-0.15, -0.1) is 0 Å². The second-order valence-corrected chi connectivity index (χ2v) is 2.40. The molecule has 11 heavy (non-hydrogen) atoms. The first kappa shape index (κ1) is 12.6. The second kappa shape index (κ2) is 4.68. The van der Waals surface area contributed by atoms with Gasteiger partial charge in [0.2, 0.25) is 0 Å². The Labute approximate surface area is 64.0 Å². The van der Waals surface area contributed by atoms with E-state index in [4.69, 9.17) is 10.2 Å². The van der Waals surface area contributed by atoms with Crippen molar-refractivity contribution >= 4 is 11.9 Å². The summed E-state index contributed by atoms with van der Waals surface area (Å²) < 4.78 is 0. The van der Waals surface area contributed by atoms with Crippen molar-refractivity contribution < 1.29 is 25.3 Å². The zero-order valence-electron chi connectivity index (χ0n) is 6.37. The van der Waals surface area contributed by atoms with Gasteiger partial charge in [0, 0.05) is 0 Å². The molecular weight excluding hydrogens is 152 g/mol. The zero-order valence-corrected chi connectivity index (χ0v) is 6.37. The van der Waals surface area contributed by atoms with E-state index >= 15 is 0 Å². The van der Waals surface area contributed by atoms with Crippen molar-refractivity contribution in [3.63, 3.8) is 0 Å². The molecule has 0 aromatic carbocycles. The van der Waals surface area contributed by atoms with Gasteiger partial charge < -0.3 is 15.7 Å². The third kappa shape index (κ3) is 3.57. The summed E-state index contributed by atoms with van der Waals surface area (Å²) in [6.45, 7) is 3.12. The fourth-order valence-corrected chi connectivity index (χ4v) is 0.676. The van der Waals surface area contributed by atoms with Crippen molar-refractivity contribution in [1.82, 2.24) is 0 Å². The molecule has 66 valence electrons. The lowest BCUT2D eigenvalue weighted by Gasteiger charge is -2.09. The van der Waals surface area contributed by atoms with Crippen molar-refractivity contribution in [1.29, 1.82) is 0 Å². The van der Waals surface area contributed by atoms with Crippen LogP contribution in [0.2, 0.25) is 0 Å². The highest BCUT2D eigenvalue weighted by Crippen LogP contribution is 2.10. The van der Waals surface area contributed by atoms with Crippen molar-refractivity contribution in [2.75, 3.05) is 0 Å². The quantitative estimate of drug-likeness (QED) is 0.553. The van der Waals surface area contributed by atoms with Crippen LogP contribution in [-0.2, 0) is 9.59 Å². The molecule has 0 rings (SSSR count). The number of hydrogen-bond donors (Lipinski definition) is 2. The van der Waals surface area contributed by atoms with Crippen LogP contribution in [0.3, 0.4) is 0 Å². The summed E-state index contributed by atoms with van der Waals surface area (Å²) in [5.41, 5.74) is 0. The molecule has 0 atom stereocenters. The second-order valence-electron chi connectivity index (χ2n) is 2.40. The van der Waals surface area contributed by atoms with Gasteiger partial charge in [-0.25, -0.2) is 0 Å². The third-order valence-electron chi connectivity index (χ3n) is 1.20. The third-order valence-corrected chi connectivity index (χ3v) is 1.20. The lowest BCUT2D eigenvalue weighted by atomic mass is 9.97. The van der Waals surface area contributed by atoms with Gasteiger partial charge in [0.1, 0.15) is 0 Å². The molecule has 0 unspecified atom stereocenters. The van der Waals surface area contributed by atoms with Crippen molar-refractivity contribution in [2.45, 2.75) is 13.8 Å². The Morgan fingerprint density at radius 1 is 1.09 bits per heavy atom. The summed E-state index contributed by atoms with van der Waals surface area (Å²) in [4.78, 5) is 20.4. The van der Waals surface area contributed by atoms with Crippen LogP contribution >= 0.6 is 0 Å². The van der Waals surface area contributed by atoms with Crippen LogP contribution in [0.5, 0.6) is 0 Å². The normalized spacial score (nSPS) is 9.45. The maximum absolute atomic E-state index is 10.2. The van der Waals surface area contributed by atoms with Crippen LogP contribution < -0.4 is 0 Å². The molecule has 0 saturated carbocycles. The molecule has 0 aromatic rings. The number of carboxylic acid groups (broad SMARTS) is 2. The molecule has 0 aliphatic heterocycles. The molecule has 0 amide bonds. The van der Waals surface area contributed by atoms with E-state index in [1.807, 2.05) is 0 Å². The highest BCUT2D eigenvalue weighted by Gasteiger charge is 2.28. The molecule has 0 bridgehead atoms.